The number of carbonyl (C=O) groups excluding carboxylic acids is 1. The Balaban J connectivity index is 1.73. The average Bonchev–Trinajstić information content (AvgIpc) is 2.79. The van der Waals surface area contributed by atoms with E-state index in [-0.39, 0.29) is 40.8 Å². The molecule has 0 bridgehead atoms. The molecular formula is C24H32FN3O3S. The van der Waals surface area contributed by atoms with Gasteiger partial charge in [0.2, 0.25) is 10.0 Å². The van der Waals surface area contributed by atoms with Crippen molar-refractivity contribution in [2.45, 2.75) is 49.1 Å². The molecule has 0 saturated heterocycles. The molecule has 8 heteroatoms. The minimum absolute atomic E-state index is 0.00153. The van der Waals surface area contributed by atoms with Crippen molar-refractivity contribution in [2.75, 3.05) is 27.7 Å². The zero-order valence-corrected chi connectivity index (χ0v) is 19.7. The molecule has 1 aliphatic carbocycles. The van der Waals surface area contributed by atoms with Crippen LogP contribution in [0.1, 0.15) is 54.1 Å². The molecule has 1 aliphatic rings. The number of halogens is 1. The van der Waals surface area contributed by atoms with Gasteiger partial charge in [0.15, 0.2) is 0 Å². The zero-order chi connectivity index (χ0) is 23.3. The highest BCUT2D eigenvalue weighted by atomic mass is 32.2. The van der Waals surface area contributed by atoms with E-state index in [0.29, 0.717) is 0 Å². The number of amides is 1. The second-order valence-electron chi connectivity index (χ2n) is 8.59. The lowest BCUT2D eigenvalue weighted by atomic mass is 9.96. The number of nitrogens with one attached hydrogen (secondary N) is 1. The van der Waals surface area contributed by atoms with Crippen LogP contribution in [0.4, 0.5) is 4.39 Å². The summed E-state index contributed by atoms with van der Waals surface area (Å²) in [6.07, 6.45) is 4.93. The minimum atomic E-state index is -3.68. The van der Waals surface area contributed by atoms with Gasteiger partial charge in [0.05, 0.1) is 10.9 Å². The molecule has 2 aromatic rings. The van der Waals surface area contributed by atoms with Gasteiger partial charge in [-0.25, -0.2) is 12.8 Å². The van der Waals surface area contributed by atoms with Crippen molar-refractivity contribution >= 4 is 15.9 Å². The number of hydrogen-bond acceptors (Lipinski definition) is 4. The molecular weight excluding hydrogens is 429 g/mol. The van der Waals surface area contributed by atoms with Crippen LogP contribution >= 0.6 is 0 Å². The summed E-state index contributed by atoms with van der Waals surface area (Å²) in [6.45, 7) is 0.258. The van der Waals surface area contributed by atoms with E-state index in [4.69, 9.17) is 0 Å². The molecule has 0 aromatic heterocycles. The molecule has 1 fully saturated rings. The smallest absolute Gasteiger partial charge is 0.251 e. The normalized spacial score (nSPS) is 16.3. The van der Waals surface area contributed by atoms with Crippen LogP contribution in [0.25, 0.3) is 0 Å². The largest absolute Gasteiger partial charge is 0.350 e. The monoisotopic (exact) mass is 461 g/mol. The third-order valence-corrected chi connectivity index (χ3v) is 8.08. The molecule has 174 valence electrons. The van der Waals surface area contributed by atoms with E-state index in [1.807, 2.05) is 25.1 Å². The quantitative estimate of drug-likeness (QED) is 0.649. The van der Waals surface area contributed by atoms with E-state index >= 15 is 0 Å². The molecule has 2 aromatic carbocycles. The summed E-state index contributed by atoms with van der Waals surface area (Å²) in [5.41, 5.74) is 1.03. The zero-order valence-electron chi connectivity index (χ0n) is 18.9. The van der Waals surface area contributed by atoms with Crippen LogP contribution in [0, 0.1) is 5.82 Å². The molecule has 1 saturated carbocycles. The predicted octanol–water partition coefficient (Wildman–Crippen LogP) is 3.81. The Morgan fingerprint density at radius 2 is 1.75 bits per heavy atom. The Morgan fingerprint density at radius 1 is 1.06 bits per heavy atom. The lowest BCUT2D eigenvalue weighted by Gasteiger charge is -2.30. The van der Waals surface area contributed by atoms with Gasteiger partial charge in [0, 0.05) is 25.2 Å². The van der Waals surface area contributed by atoms with Crippen molar-refractivity contribution in [3.8, 4) is 0 Å². The van der Waals surface area contributed by atoms with E-state index in [1.54, 1.807) is 25.2 Å². The number of hydrogen-bond donors (Lipinski definition) is 1. The summed E-state index contributed by atoms with van der Waals surface area (Å²) in [6, 6.07) is 12.2. The lowest BCUT2D eigenvalue weighted by Crippen LogP contribution is -2.38. The number of nitrogens with zero attached hydrogens (tertiary/aromatic N) is 2. The summed E-state index contributed by atoms with van der Waals surface area (Å²) in [7, 11) is 1.65. The predicted molar refractivity (Wildman–Crippen MR) is 123 cm³/mol. The highest BCUT2D eigenvalue weighted by Crippen LogP contribution is 2.27. The molecule has 1 unspecified atom stereocenters. The van der Waals surface area contributed by atoms with Gasteiger partial charge in [0.25, 0.3) is 5.91 Å². The van der Waals surface area contributed by atoms with Crippen molar-refractivity contribution in [1.82, 2.24) is 14.5 Å². The SMILES string of the molecule is CN(C)C(CNC(=O)c1cccc(S(=O)(=O)N(C)C2CCCCC2)c1)c1cccc(F)c1. The van der Waals surface area contributed by atoms with Gasteiger partial charge in [-0.2, -0.15) is 4.31 Å². The second kappa shape index (κ2) is 10.6. The Kier molecular flexibility index (Phi) is 8.03. The Morgan fingerprint density at radius 3 is 2.41 bits per heavy atom. The van der Waals surface area contributed by atoms with Crippen molar-refractivity contribution in [3.05, 3.63) is 65.5 Å². The minimum Gasteiger partial charge on any atom is -0.350 e. The van der Waals surface area contributed by atoms with Crippen LogP contribution in [0.5, 0.6) is 0 Å². The highest BCUT2D eigenvalue weighted by Gasteiger charge is 2.29. The highest BCUT2D eigenvalue weighted by molar-refractivity contribution is 7.89. The van der Waals surface area contributed by atoms with Gasteiger partial charge in [-0.1, -0.05) is 37.5 Å². The van der Waals surface area contributed by atoms with Crippen LogP contribution in [-0.2, 0) is 10.0 Å². The van der Waals surface area contributed by atoms with Crippen LogP contribution in [0.2, 0.25) is 0 Å². The number of benzene rings is 2. The molecule has 0 aliphatic heterocycles. The summed E-state index contributed by atoms with van der Waals surface area (Å²) < 4.78 is 41.4. The summed E-state index contributed by atoms with van der Waals surface area (Å²) in [5, 5.41) is 2.86. The van der Waals surface area contributed by atoms with E-state index < -0.39 is 10.0 Å². The first kappa shape index (κ1) is 24.4. The van der Waals surface area contributed by atoms with Crippen LogP contribution in [-0.4, -0.2) is 57.3 Å². The molecule has 1 N–H and O–H groups in total. The number of likely N-dealkylation sites (N-methyl/N-ethyl adjacent to an activating group) is 1. The maximum absolute atomic E-state index is 13.6. The molecule has 1 amide bonds. The Labute approximate surface area is 190 Å². The third kappa shape index (κ3) is 5.74. The van der Waals surface area contributed by atoms with E-state index in [0.717, 1.165) is 37.7 Å². The number of sulfonamides is 1. The summed E-state index contributed by atoms with van der Waals surface area (Å²) in [4.78, 5) is 14.8. The lowest BCUT2D eigenvalue weighted by molar-refractivity contribution is 0.0941. The molecule has 1 atom stereocenters. The Hall–Kier alpha value is -2.29. The van der Waals surface area contributed by atoms with Gasteiger partial charge < -0.3 is 10.2 Å². The molecule has 0 spiro atoms. The van der Waals surface area contributed by atoms with Crippen LogP contribution in [0.15, 0.2) is 53.4 Å². The van der Waals surface area contributed by atoms with Gasteiger partial charge in [-0.3, -0.25) is 4.79 Å². The molecule has 0 radical (unpaired) electrons. The van der Waals surface area contributed by atoms with Gasteiger partial charge in [-0.15, -0.1) is 0 Å². The maximum Gasteiger partial charge on any atom is 0.251 e. The standard InChI is InChI=1S/C24H32FN3O3S/c1-27(2)23(18-9-7-11-20(25)15-18)17-26-24(29)19-10-8-14-22(16-19)32(30,31)28(3)21-12-5-4-6-13-21/h7-11,14-16,21,23H,4-6,12-13,17H2,1-3H3,(H,26,29). The first-order valence-corrected chi connectivity index (χ1v) is 12.4. The van der Waals surface area contributed by atoms with E-state index in [9.17, 15) is 17.6 Å². The first-order valence-electron chi connectivity index (χ1n) is 11.0. The Bertz CT molecular complexity index is 1040. The molecule has 32 heavy (non-hydrogen) atoms. The molecule has 0 heterocycles. The van der Waals surface area contributed by atoms with E-state index in [2.05, 4.69) is 5.32 Å². The van der Waals surface area contributed by atoms with Crippen molar-refractivity contribution in [1.29, 1.82) is 0 Å². The topological polar surface area (TPSA) is 69.7 Å². The summed E-state index contributed by atoms with van der Waals surface area (Å²) >= 11 is 0. The number of rotatable bonds is 8. The first-order chi connectivity index (χ1) is 15.2. The fourth-order valence-electron chi connectivity index (χ4n) is 4.21. The van der Waals surface area contributed by atoms with Crippen LogP contribution in [0.3, 0.4) is 0 Å². The van der Waals surface area contributed by atoms with E-state index in [1.165, 1.54) is 28.6 Å². The maximum atomic E-state index is 13.6. The van der Waals surface area contributed by atoms with Crippen molar-refractivity contribution in [3.63, 3.8) is 0 Å². The van der Waals surface area contributed by atoms with Gasteiger partial charge >= 0.3 is 0 Å². The molecule has 6 nitrogen and oxygen atoms in total. The van der Waals surface area contributed by atoms with Crippen molar-refractivity contribution < 1.29 is 17.6 Å². The second-order valence-corrected chi connectivity index (χ2v) is 10.6. The van der Waals surface area contributed by atoms with Gasteiger partial charge in [0.1, 0.15) is 5.82 Å². The fraction of sp³-hybridized carbons (Fsp3) is 0.458. The fourth-order valence-corrected chi connectivity index (χ4v) is 5.67. The van der Waals surface area contributed by atoms with Crippen LogP contribution < -0.4 is 5.32 Å². The third-order valence-electron chi connectivity index (χ3n) is 6.17. The van der Waals surface area contributed by atoms with Gasteiger partial charge in [-0.05, 0) is 62.8 Å². The average molecular weight is 462 g/mol. The van der Waals surface area contributed by atoms with Crippen molar-refractivity contribution in [2.24, 2.45) is 0 Å². The molecule has 3 rings (SSSR count). The number of carbonyl (C=O) groups is 1. The summed E-state index contributed by atoms with van der Waals surface area (Å²) in [5.74, 6) is -0.703.